The van der Waals surface area contributed by atoms with Crippen molar-refractivity contribution in [1.82, 2.24) is 10.3 Å². The number of hydrogen-bond donors (Lipinski definition) is 2. The molecule has 0 spiro atoms. The zero-order valence-electron chi connectivity index (χ0n) is 11.5. The van der Waals surface area contributed by atoms with Gasteiger partial charge in [0.25, 0.3) is 0 Å². The molecular formula is C14H19N3O2S. The normalized spacial score (nSPS) is 11.7. The Hall–Kier alpha value is -1.66. The molecule has 0 atom stereocenters. The molecule has 0 saturated carbocycles. The van der Waals surface area contributed by atoms with Crippen LogP contribution in [0, 0.1) is 0 Å². The van der Waals surface area contributed by atoms with Crippen LogP contribution in [0.2, 0.25) is 0 Å². The van der Waals surface area contributed by atoms with Gasteiger partial charge < -0.3 is 5.32 Å². The standard InChI is InChI=1S/C14H19N3O2S/c1-15-8-4-5-9-20(18,19)17-13-10-12-6-2-3-7-14(12)16-11-13/h2-3,6-7,10-11,15,17H,4-5,8-9H2,1H3. The number of para-hydroxylation sites is 1. The summed E-state index contributed by atoms with van der Waals surface area (Å²) in [5, 5.41) is 3.92. The van der Waals surface area contributed by atoms with E-state index in [9.17, 15) is 8.42 Å². The second kappa shape index (κ2) is 6.67. The Morgan fingerprint density at radius 2 is 2.00 bits per heavy atom. The van der Waals surface area contributed by atoms with Crippen molar-refractivity contribution >= 4 is 26.6 Å². The van der Waals surface area contributed by atoms with Gasteiger partial charge in [-0.3, -0.25) is 9.71 Å². The Kier molecular flexibility index (Phi) is 4.92. The number of nitrogens with zero attached hydrogens (tertiary/aromatic N) is 1. The van der Waals surface area contributed by atoms with Gasteiger partial charge >= 0.3 is 0 Å². The Bertz CT molecular complexity index is 671. The molecule has 0 aliphatic heterocycles. The van der Waals surface area contributed by atoms with Crippen molar-refractivity contribution in [3.05, 3.63) is 36.5 Å². The molecule has 0 fully saturated rings. The zero-order valence-corrected chi connectivity index (χ0v) is 12.3. The van der Waals surface area contributed by atoms with Crippen LogP contribution in [0.5, 0.6) is 0 Å². The van der Waals surface area contributed by atoms with E-state index in [1.54, 1.807) is 12.3 Å². The fourth-order valence-electron chi connectivity index (χ4n) is 1.95. The lowest BCUT2D eigenvalue weighted by atomic mass is 10.2. The van der Waals surface area contributed by atoms with Crippen molar-refractivity contribution in [2.75, 3.05) is 24.1 Å². The average Bonchev–Trinajstić information content (AvgIpc) is 2.43. The molecule has 1 aromatic heterocycles. The minimum Gasteiger partial charge on any atom is -0.320 e. The monoisotopic (exact) mass is 293 g/mol. The minimum atomic E-state index is -3.30. The number of nitrogens with one attached hydrogen (secondary N) is 2. The van der Waals surface area contributed by atoms with Crippen LogP contribution in [0.3, 0.4) is 0 Å². The van der Waals surface area contributed by atoms with Crippen LogP contribution in [-0.4, -0.2) is 32.7 Å². The maximum absolute atomic E-state index is 11.9. The summed E-state index contributed by atoms with van der Waals surface area (Å²) in [6.45, 7) is 0.826. The molecule has 2 N–H and O–H groups in total. The predicted octanol–water partition coefficient (Wildman–Crippen LogP) is 1.98. The number of benzene rings is 1. The van der Waals surface area contributed by atoms with E-state index >= 15 is 0 Å². The highest BCUT2D eigenvalue weighted by atomic mass is 32.2. The predicted molar refractivity (Wildman–Crippen MR) is 82.3 cm³/mol. The molecule has 6 heteroatoms. The highest BCUT2D eigenvalue weighted by molar-refractivity contribution is 7.92. The van der Waals surface area contributed by atoms with Gasteiger partial charge in [0.2, 0.25) is 10.0 Å². The van der Waals surface area contributed by atoms with Crippen molar-refractivity contribution in [1.29, 1.82) is 0 Å². The smallest absolute Gasteiger partial charge is 0.232 e. The summed E-state index contributed by atoms with van der Waals surface area (Å²) in [4.78, 5) is 4.24. The Morgan fingerprint density at radius 3 is 2.80 bits per heavy atom. The van der Waals surface area contributed by atoms with Crippen molar-refractivity contribution in [3.63, 3.8) is 0 Å². The number of fused-ring (bicyclic) bond motifs is 1. The van der Waals surface area contributed by atoms with Crippen molar-refractivity contribution in [2.45, 2.75) is 12.8 Å². The quantitative estimate of drug-likeness (QED) is 0.766. The highest BCUT2D eigenvalue weighted by Crippen LogP contribution is 2.17. The second-order valence-electron chi connectivity index (χ2n) is 4.65. The first-order valence-corrected chi connectivity index (χ1v) is 8.26. The lowest BCUT2D eigenvalue weighted by molar-refractivity contribution is 0.595. The molecular weight excluding hydrogens is 274 g/mol. The van der Waals surface area contributed by atoms with E-state index in [1.165, 1.54) is 0 Å². The number of unbranched alkanes of at least 4 members (excludes halogenated alkanes) is 1. The van der Waals surface area contributed by atoms with Crippen LogP contribution >= 0.6 is 0 Å². The summed E-state index contributed by atoms with van der Waals surface area (Å²) in [6.07, 6.45) is 3.03. The van der Waals surface area contributed by atoms with E-state index in [4.69, 9.17) is 0 Å². The molecule has 1 heterocycles. The van der Waals surface area contributed by atoms with Crippen LogP contribution in [0.15, 0.2) is 36.5 Å². The molecule has 108 valence electrons. The van der Waals surface area contributed by atoms with Gasteiger partial charge in [0.1, 0.15) is 0 Å². The summed E-state index contributed by atoms with van der Waals surface area (Å²) in [6, 6.07) is 9.41. The van der Waals surface area contributed by atoms with Crippen LogP contribution in [-0.2, 0) is 10.0 Å². The molecule has 20 heavy (non-hydrogen) atoms. The first-order valence-electron chi connectivity index (χ1n) is 6.60. The van der Waals surface area contributed by atoms with Crippen molar-refractivity contribution in [3.8, 4) is 0 Å². The summed E-state index contributed by atoms with van der Waals surface area (Å²) < 4.78 is 26.5. The third-order valence-corrected chi connectivity index (χ3v) is 4.33. The van der Waals surface area contributed by atoms with E-state index in [1.807, 2.05) is 31.3 Å². The maximum atomic E-state index is 11.9. The number of anilines is 1. The number of aromatic nitrogens is 1. The highest BCUT2D eigenvalue weighted by Gasteiger charge is 2.10. The lowest BCUT2D eigenvalue weighted by Gasteiger charge is -2.08. The van der Waals surface area contributed by atoms with E-state index in [0.29, 0.717) is 12.1 Å². The first kappa shape index (κ1) is 14.7. The van der Waals surface area contributed by atoms with Crippen LogP contribution in [0.4, 0.5) is 5.69 Å². The van der Waals surface area contributed by atoms with Crippen molar-refractivity contribution < 1.29 is 8.42 Å². The topological polar surface area (TPSA) is 71.1 Å². The molecule has 2 rings (SSSR count). The summed E-state index contributed by atoms with van der Waals surface area (Å²) >= 11 is 0. The molecule has 1 aromatic carbocycles. The van der Waals surface area contributed by atoms with Crippen LogP contribution in [0.1, 0.15) is 12.8 Å². The minimum absolute atomic E-state index is 0.126. The van der Waals surface area contributed by atoms with Crippen molar-refractivity contribution in [2.24, 2.45) is 0 Å². The Labute approximate surface area is 119 Å². The van der Waals surface area contributed by atoms with E-state index in [0.717, 1.165) is 23.9 Å². The van der Waals surface area contributed by atoms with Gasteiger partial charge in [0, 0.05) is 5.39 Å². The maximum Gasteiger partial charge on any atom is 0.232 e. The van der Waals surface area contributed by atoms with Crippen LogP contribution in [0.25, 0.3) is 10.9 Å². The SMILES string of the molecule is CNCCCCS(=O)(=O)Nc1cnc2ccccc2c1. The van der Waals surface area contributed by atoms with Gasteiger partial charge in [-0.25, -0.2) is 8.42 Å². The number of rotatable bonds is 7. The molecule has 0 unspecified atom stereocenters. The zero-order chi connectivity index (χ0) is 14.4. The van der Waals surface area contributed by atoms with Gasteiger partial charge in [-0.05, 0) is 38.6 Å². The summed E-state index contributed by atoms with van der Waals surface area (Å²) in [5.74, 6) is 0.126. The number of hydrogen-bond acceptors (Lipinski definition) is 4. The molecule has 0 amide bonds. The summed E-state index contributed by atoms with van der Waals surface area (Å²) in [7, 11) is -1.45. The molecule has 0 radical (unpaired) electrons. The van der Waals surface area contributed by atoms with E-state index in [-0.39, 0.29) is 5.75 Å². The van der Waals surface area contributed by atoms with Gasteiger partial charge in [-0.2, -0.15) is 0 Å². The molecule has 0 aliphatic rings. The van der Waals surface area contributed by atoms with E-state index in [2.05, 4.69) is 15.0 Å². The summed E-state index contributed by atoms with van der Waals surface area (Å²) in [5.41, 5.74) is 1.36. The Morgan fingerprint density at radius 1 is 1.20 bits per heavy atom. The van der Waals surface area contributed by atoms with Gasteiger partial charge in [0.05, 0.1) is 23.2 Å². The van der Waals surface area contributed by atoms with E-state index < -0.39 is 10.0 Å². The fourth-order valence-corrected chi connectivity index (χ4v) is 3.11. The lowest BCUT2D eigenvalue weighted by Crippen LogP contribution is -2.18. The van der Waals surface area contributed by atoms with Gasteiger partial charge in [0.15, 0.2) is 0 Å². The van der Waals surface area contributed by atoms with Gasteiger partial charge in [-0.15, -0.1) is 0 Å². The van der Waals surface area contributed by atoms with Crippen LogP contribution < -0.4 is 10.0 Å². The molecule has 0 saturated heterocycles. The molecule has 5 nitrogen and oxygen atoms in total. The fraction of sp³-hybridized carbons (Fsp3) is 0.357. The number of sulfonamides is 1. The molecule has 0 bridgehead atoms. The Balaban J connectivity index is 2.03. The largest absolute Gasteiger partial charge is 0.320 e. The van der Waals surface area contributed by atoms with Gasteiger partial charge in [-0.1, -0.05) is 18.2 Å². The first-order chi connectivity index (χ1) is 9.61. The molecule has 2 aromatic rings. The average molecular weight is 293 g/mol. The third-order valence-electron chi connectivity index (χ3n) is 2.95. The molecule has 0 aliphatic carbocycles. The second-order valence-corrected chi connectivity index (χ2v) is 6.49. The third kappa shape index (κ3) is 4.18. The number of pyridine rings is 1.